The summed E-state index contributed by atoms with van der Waals surface area (Å²) in [5.41, 5.74) is 2.83. The number of rotatable bonds is 12. The van der Waals surface area contributed by atoms with Gasteiger partial charge >= 0.3 is 0 Å². The van der Waals surface area contributed by atoms with E-state index >= 15 is 0 Å². The Morgan fingerprint density at radius 1 is 0.944 bits per heavy atom. The van der Waals surface area contributed by atoms with Crippen molar-refractivity contribution in [3.05, 3.63) is 99.5 Å². The number of carbonyl (C=O) groups excluding carboxylic acids is 2. The number of benzene rings is 3. The van der Waals surface area contributed by atoms with Crippen LogP contribution in [0.3, 0.4) is 0 Å². The first kappa shape index (κ1) is 27.6. The molecule has 5 nitrogen and oxygen atoms in total. The van der Waals surface area contributed by atoms with E-state index in [1.165, 1.54) is 0 Å². The summed E-state index contributed by atoms with van der Waals surface area (Å²) in [6.07, 6.45) is 2.19. The van der Waals surface area contributed by atoms with Gasteiger partial charge in [-0.15, -0.1) is 0 Å². The van der Waals surface area contributed by atoms with Gasteiger partial charge in [-0.2, -0.15) is 0 Å². The molecule has 2 amide bonds. The molecule has 1 atom stereocenters. The number of halogens is 2. The number of ether oxygens (including phenoxy) is 1. The number of unbranched alkanes of at least 4 members (excludes halogenated alkanes) is 1. The zero-order valence-corrected chi connectivity index (χ0v) is 22.2. The first-order valence-electron chi connectivity index (χ1n) is 12.1. The number of carbonyl (C=O) groups is 2. The highest BCUT2D eigenvalue weighted by atomic mass is 35.5. The summed E-state index contributed by atoms with van der Waals surface area (Å²) < 4.78 is 5.79. The van der Waals surface area contributed by atoms with Crippen LogP contribution in [0, 0.1) is 6.92 Å². The minimum atomic E-state index is -0.729. The fourth-order valence-electron chi connectivity index (χ4n) is 3.76. The van der Waals surface area contributed by atoms with Gasteiger partial charge in [0.05, 0.1) is 10.0 Å². The number of nitrogens with one attached hydrogen (secondary N) is 1. The van der Waals surface area contributed by atoms with Gasteiger partial charge in [0, 0.05) is 19.5 Å². The van der Waals surface area contributed by atoms with Crippen LogP contribution in [-0.2, 0) is 22.6 Å². The molecule has 190 valence electrons. The summed E-state index contributed by atoms with van der Waals surface area (Å²) in [5, 5.41) is 3.83. The molecular weight excluding hydrogens is 495 g/mol. The van der Waals surface area contributed by atoms with Crippen LogP contribution < -0.4 is 10.1 Å². The molecule has 3 aromatic carbocycles. The van der Waals surface area contributed by atoms with Crippen LogP contribution in [-0.4, -0.2) is 35.9 Å². The summed E-state index contributed by atoms with van der Waals surface area (Å²) in [6.45, 7) is 4.59. The molecule has 0 spiro atoms. The van der Waals surface area contributed by atoms with E-state index in [2.05, 4.69) is 12.2 Å². The Balaban J connectivity index is 1.89. The Hall–Kier alpha value is -3.02. The Bertz CT molecular complexity index is 1140. The van der Waals surface area contributed by atoms with Crippen LogP contribution in [0.15, 0.2) is 72.8 Å². The largest absolute Gasteiger partial charge is 0.484 e. The van der Waals surface area contributed by atoms with Crippen molar-refractivity contribution in [2.24, 2.45) is 0 Å². The van der Waals surface area contributed by atoms with Crippen LogP contribution in [0.2, 0.25) is 10.0 Å². The molecular formula is C29H32Cl2N2O3. The lowest BCUT2D eigenvalue weighted by Gasteiger charge is -2.31. The molecule has 0 aliphatic heterocycles. The average molecular weight is 527 g/mol. The molecule has 0 unspecified atom stereocenters. The second-order valence-electron chi connectivity index (χ2n) is 8.72. The maximum Gasteiger partial charge on any atom is 0.261 e. The Morgan fingerprint density at radius 2 is 1.67 bits per heavy atom. The lowest BCUT2D eigenvalue weighted by molar-refractivity contribution is -0.142. The van der Waals surface area contributed by atoms with Crippen molar-refractivity contribution < 1.29 is 14.3 Å². The molecule has 0 radical (unpaired) electrons. The lowest BCUT2D eigenvalue weighted by Crippen LogP contribution is -2.51. The second kappa shape index (κ2) is 13.9. The normalized spacial score (nSPS) is 11.6. The molecule has 1 N–H and O–H groups in total. The number of hydrogen-bond donors (Lipinski definition) is 1. The van der Waals surface area contributed by atoms with Crippen LogP contribution >= 0.6 is 23.2 Å². The summed E-state index contributed by atoms with van der Waals surface area (Å²) in [6, 6.07) is 21.7. The molecule has 3 rings (SSSR count). The first-order valence-corrected chi connectivity index (χ1v) is 12.9. The molecule has 0 aliphatic carbocycles. The number of hydrogen-bond acceptors (Lipinski definition) is 3. The molecule has 0 saturated heterocycles. The molecule has 0 fully saturated rings. The van der Waals surface area contributed by atoms with Crippen molar-refractivity contribution in [1.82, 2.24) is 10.2 Å². The van der Waals surface area contributed by atoms with Crippen LogP contribution in [0.5, 0.6) is 5.75 Å². The maximum absolute atomic E-state index is 13.6. The average Bonchev–Trinajstić information content (AvgIpc) is 2.88. The van der Waals surface area contributed by atoms with Crippen molar-refractivity contribution in [2.75, 3.05) is 13.2 Å². The summed E-state index contributed by atoms with van der Waals surface area (Å²) in [7, 11) is 0. The third-order valence-corrected chi connectivity index (χ3v) is 6.56. The zero-order chi connectivity index (χ0) is 25.9. The van der Waals surface area contributed by atoms with Crippen LogP contribution in [0.1, 0.15) is 36.5 Å². The highest BCUT2D eigenvalue weighted by Gasteiger charge is 2.30. The monoisotopic (exact) mass is 526 g/mol. The summed E-state index contributed by atoms with van der Waals surface area (Å²) in [5.74, 6) is 0.0970. The van der Waals surface area contributed by atoms with Gasteiger partial charge in [0.25, 0.3) is 5.91 Å². The van der Waals surface area contributed by atoms with E-state index in [-0.39, 0.29) is 25.0 Å². The minimum absolute atomic E-state index is 0.186. The third kappa shape index (κ3) is 8.28. The lowest BCUT2D eigenvalue weighted by atomic mass is 10.0. The van der Waals surface area contributed by atoms with Gasteiger partial charge < -0.3 is 15.0 Å². The third-order valence-electron chi connectivity index (χ3n) is 5.82. The van der Waals surface area contributed by atoms with Gasteiger partial charge in [0.2, 0.25) is 5.91 Å². The molecule has 0 heterocycles. The molecule has 0 bridgehead atoms. The van der Waals surface area contributed by atoms with Crippen LogP contribution in [0.25, 0.3) is 0 Å². The summed E-state index contributed by atoms with van der Waals surface area (Å²) in [4.78, 5) is 28.5. The molecule has 0 aliphatic rings. The van der Waals surface area contributed by atoms with Crippen molar-refractivity contribution in [2.45, 2.75) is 45.7 Å². The number of nitrogens with zero attached hydrogens (tertiary/aromatic N) is 1. The quantitative estimate of drug-likeness (QED) is 0.284. The van der Waals surface area contributed by atoms with E-state index in [9.17, 15) is 9.59 Å². The highest BCUT2D eigenvalue weighted by molar-refractivity contribution is 6.42. The molecule has 0 saturated carbocycles. The van der Waals surface area contributed by atoms with E-state index in [4.69, 9.17) is 27.9 Å². The van der Waals surface area contributed by atoms with E-state index in [0.29, 0.717) is 28.8 Å². The summed E-state index contributed by atoms with van der Waals surface area (Å²) >= 11 is 12.4. The first-order chi connectivity index (χ1) is 17.4. The maximum atomic E-state index is 13.6. The zero-order valence-electron chi connectivity index (χ0n) is 20.7. The fourth-order valence-corrected chi connectivity index (χ4v) is 4.08. The molecule has 3 aromatic rings. The Labute approximate surface area is 223 Å². The van der Waals surface area contributed by atoms with E-state index in [1.807, 2.05) is 67.6 Å². The Kier molecular flexibility index (Phi) is 10.6. The smallest absolute Gasteiger partial charge is 0.261 e. The van der Waals surface area contributed by atoms with Gasteiger partial charge in [0.1, 0.15) is 11.8 Å². The minimum Gasteiger partial charge on any atom is -0.484 e. The van der Waals surface area contributed by atoms with E-state index in [1.54, 1.807) is 17.0 Å². The van der Waals surface area contributed by atoms with Gasteiger partial charge in [-0.05, 0) is 48.7 Å². The highest BCUT2D eigenvalue weighted by Crippen LogP contribution is 2.24. The van der Waals surface area contributed by atoms with Crippen molar-refractivity contribution in [3.8, 4) is 5.75 Å². The van der Waals surface area contributed by atoms with Gasteiger partial charge in [-0.1, -0.05) is 90.6 Å². The van der Waals surface area contributed by atoms with Gasteiger partial charge in [-0.25, -0.2) is 0 Å². The molecule has 0 aromatic heterocycles. The Morgan fingerprint density at radius 3 is 2.33 bits per heavy atom. The molecule has 7 heteroatoms. The fraction of sp³-hybridized carbons (Fsp3) is 0.310. The van der Waals surface area contributed by atoms with E-state index in [0.717, 1.165) is 29.5 Å². The van der Waals surface area contributed by atoms with Crippen molar-refractivity contribution in [3.63, 3.8) is 0 Å². The standard InChI is InChI=1S/C29H32Cl2N2O3/c1-3-4-16-32-29(35)27(18-22-8-6-5-7-9-22)33(19-23-12-15-25(30)26(31)17-23)28(34)20-36-24-13-10-21(2)11-14-24/h5-15,17,27H,3-4,16,18-20H2,1-2H3,(H,32,35)/t27-/m1/s1. The van der Waals surface area contributed by atoms with Crippen LogP contribution in [0.4, 0.5) is 0 Å². The predicted octanol–water partition coefficient (Wildman–Crippen LogP) is 6.24. The van der Waals surface area contributed by atoms with Crippen molar-refractivity contribution >= 4 is 35.0 Å². The number of amides is 2. The van der Waals surface area contributed by atoms with Crippen molar-refractivity contribution in [1.29, 1.82) is 0 Å². The predicted molar refractivity (Wildman–Crippen MR) is 146 cm³/mol. The second-order valence-corrected chi connectivity index (χ2v) is 9.54. The van der Waals surface area contributed by atoms with Gasteiger partial charge in [0.15, 0.2) is 6.61 Å². The van der Waals surface area contributed by atoms with Gasteiger partial charge in [-0.3, -0.25) is 9.59 Å². The SMILES string of the molecule is CCCCNC(=O)[C@@H](Cc1ccccc1)N(Cc1ccc(Cl)c(Cl)c1)C(=O)COc1ccc(C)cc1. The van der Waals surface area contributed by atoms with E-state index < -0.39 is 6.04 Å². The molecule has 36 heavy (non-hydrogen) atoms. The topological polar surface area (TPSA) is 58.6 Å². The number of aryl methyl sites for hydroxylation is 1.